The molecule has 1 saturated carbocycles. The molecule has 0 radical (unpaired) electrons. The minimum atomic E-state index is -0.969. The van der Waals surface area contributed by atoms with Crippen molar-refractivity contribution in [1.29, 1.82) is 0 Å². The van der Waals surface area contributed by atoms with Crippen molar-refractivity contribution in [3.63, 3.8) is 0 Å². The summed E-state index contributed by atoms with van der Waals surface area (Å²) in [6.45, 7) is 6.13. The summed E-state index contributed by atoms with van der Waals surface area (Å²) in [5, 5.41) is 14.6. The van der Waals surface area contributed by atoms with Crippen LogP contribution in [0.1, 0.15) is 59.3 Å². The molecule has 3 unspecified atom stereocenters. The first-order valence-corrected chi connectivity index (χ1v) is 7.68. The van der Waals surface area contributed by atoms with E-state index >= 15 is 0 Å². The van der Waals surface area contributed by atoms with E-state index in [1.165, 1.54) is 6.42 Å². The van der Waals surface area contributed by atoms with Gasteiger partial charge in [-0.05, 0) is 37.5 Å². The van der Waals surface area contributed by atoms with E-state index in [0.717, 1.165) is 31.6 Å². The summed E-state index contributed by atoms with van der Waals surface area (Å²) in [4.78, 5) is 23.0. The van der Waals surface area contributed by atoms with Crippen LogP contribution in [0.2, 0.25) is 0 Å². The maximum atomic E-state index is 11.9. The number of carboxylic acid groups (broad SMARTS) is 1. The molecule has 1 fully saturated rings. The molecule has 0 aromatic heterocycles. The molecule has 0 saturated heterocycles. The number of hydrogen-bond acceptors (Lipinski definition) is 2. The first-order valence-electron chi connectivity index (χ1n) is 7.68. The molecule has 3 N–H and O–H groups in total. The average molecular weight is 284 g/mol. The van der Waals surface area contributed by atoms with Gasteiger partial charge in [-0.3, -0.25) is 0 Å². The minimum absolute atomic E-state index is 0.174. The Kier molecular flexibility index (Phi) is 6.82. The number of amides is 2. The molecule has 1 aliphatic carbocycles. The smallest absolute Gasteiger partial charge is 0.326 e. The Morgan fingerprint density at radius 3 is 2.50 bits per heavy atom. The Morgan fingerprint density at radius 1 is 1.20 bits per heavy atom. The van der Waals surface area contributed by atoms with Crippen LogP contribution in [0.5, 0.6) is 0 Å². The standard InChI is InChI=1S/C15H28N2O3/c1-10(2)9-13(14(18)19)17-15(20)16-12-6-4-5-11(3)7-8-12/h10-13H,4-9H2,1-3H3,(H,18,19)(H2,16,17,20). The third-order valence-corrected chi connectivity index (χ3v) is 3.90. The van der Waals surface area contributed by atoms with Gasteiger partial charge in [0.2, 0.25) is 0 Å². The third kappa shape index (κ3) is 6.26. The Labute approximate surface area is 121 Å². The maximum Gasteiger partial charge on any atom is 0.326 e. The second-order valence-corrected chi connectivity index (χ2v) is 6.45. The highest BCUT2D eigenvalue weighted by Crippen LogP contribution is 2.22. The Hall–Kier alpha value is -1.26. The summed E-state index contributed by atoms with van der Waals surface area (Å²) < 4.78 is 0. The highest BCUT2D eigenvalue weighted by molar-refractivity contribution is 5.82. The lowest BCUT2D eigenvalue weighted by molar-refractivity contribution is -0.139. The van der Waals surface area contributed by atoms with E-state index in [-0.39, 0.29) is 18.0 Å². The second-order valence-electron chi connectivity index (χ2n) is 6.45. The fraction of sp³-hybridized carbons (Fsp3) is 0.867. The molecule has 2 amide bonds. The molecule has 0 heterocycles. The Morgan fingerprint density at radius 2 is 1.90 bits per heavy atom. The fourth-order valence-corrected chi connectivity index (χ4v) is 2.71. The van der Waals surface area contributed by atoms with E-state index in [4.69, 9.17) is 5.11 Å². The van der Waals surface area contributed by atoms with Gasteiger partial charge in [-0.2, -0.15) is 0 Å². The number of hydrogen-bond donors (Lipinski definition) is 3. The lowest BCUT2D eigenvalue weighted by Gasteiger charge is -2.20. The van der Waals surface area contributed by atoms with Crippen molar-refractivity contribution in [3.05, 3.63) is 0 Å². The molecule has 1 rings (SSSR count). The van der Waals surface area contributed by atoms with Gasteiger partial charge < -0.3 is 15.7 Å². The van der Waals surface area contributed by atoms with Crippen LogP contribution >= 0.6 is 0 Å². The number of carboxylic acids is 1. The molecule has 0 spiro atoms. The van der Waals surface area contributed by atoms with Crippen LogP contribution in [0.15, 0.2) is 0 Å². The normalized spacial score (nSPS) is 24.8. The van der Waals surface area contributed by atoms with Gasteiger partial charge >= 0.3 is 12.0 Å². The molecule has 0 aromatic rings. The van der Waals surface area contributed by atoms with Crippen molar-refractivity contribution in [2.75, 3.05) is 0 Å². The first-order chi connectivity index (χ1) is 9.38. The van der Waals surface area contributed by atoms with Gasteiger partial charge in [-0.25, -0.2) is 9.59 Å². The summed E-state index contributed by atoms with van der Waals surface area (Å²) >= 11 is 0. The van der Waals surface area contributed by atoms with Crippen LogP contribution in [-0.4, -0.2) is 29.2 Å². The van der Waals surface area contributed by atoms with Crippen molar-refractivity contribution in [2.24, 2.45) is 11.8 Å². The van der Waals surface area contributed by atoms with Crippen LogP contribution in [0, 0.1) is 11.8 Å². The third-order valence-electron chi connectivity index (χ3n) is 3.90. The Balaban J connectivity index is 2.42. The average Bonchev–Trinajstić information content (AvgIpc) is 2.53. The van der Waals surface area contributed by atoms with Crippen LogP contribution < -0.4 is 10.6 Å². The zero-order valence-corrected chi connectivity index (χ0v) is 12.8. The quantitative estimate of drug-likeness (QED) is 0.679. The fourth-order valence-electron chi connectivity index (χ4n) is 2.71. The summed E-state index contributed by atoms with van der Waals surface area (Å²) in [7, 11) is 0. The molecule has 0 aliphatic heterocycles. The minimum Gasteiger partial charge on any atom is -0.480 e. The maximum absolute atomic E-state index is 11.9. The van der Waals surface area contributed by atoms with E-state index < -0.39 is 12.0 Å². The molecule has 1 aliphatic rings. The first kappa shape index (κ1) is 16.8. The van der Waals surface area contributed by atoms with E-state index in [1.807, 2.05) is 13.8 Å². The van der Waals surface area contributed by atoms with Gasteiger partial charge in [-0.15, -0.1) is 0 Å². The lowest BCUT2D eigenvalue weighted by atomic mass is 10.0. The number of nitrogens with one attached hydrogen (secondary N) is 2. The van der Waals surface area contributed by atoms with Crippen LogP contribution in [0.3, 0.4) is 0 Å². The van der Waals surface area contributed by atoms with Crippen molar-refractivity contribution in [3.8, 4) is 0 Å². The molecule has 3 atom stereocenters. The van der Waals surface area contributed by atoms with E-state index in [0.29, 0.717) is 6.42 Å². The highest BCUT2D eigenvalue weighted by Gasteiger charge is 2.23. The largest absolute Gasteiger partial charge is 0.480 e. The van der Waals surface area contributed by atoms with E-state index in [1.54, 1.807) is 0 Å². The van der Waals surface area contributed by atoms with Crippen LogP contribution in [-0.2, 0) is 4.79 Å². The number of rotatable bonds is 5. The molecule has 0 bridgehead atoms. The Bertz CT molecular complexity index is 331. The van der Waals surface area contributed by atoms with E-state index in [2.05, 4.69) is 17.6 Å². The van der Waals surface area contributed by atoms with Crippen molar-refractivity contribution in [2.45, 2.75) is 71.4 Å². The zero-order valence-electron chi connectivity index (χ0n) is 12.8. The predicted molar refractivity (Wildman–Crippen MR) is 78.6 cm³/mol. The lowest BCUT2D eigenvalue weighted by Crippen LogP contribution is -2.49. The summed E-state index contributed by atoms with van der Waals surface area (Å²) in [5.74, 6) is -0.0176. The monoisotopic (exact) mass is 284 g/mol. The molecular formula is C15H28N2O3. The summed E-state index contributed by atoms with van der Waals surface area (Å²) in [5.41, 5.74) is 0. The number of carbonyl (C=O) groups is 2. The van der Waals surface area contributed by atoms with Gasteiger partial charge in [-0.1, -0.05) is 33.6 Å². The van der Waals surface area contributed by atoms with Crippen molar-refractivity contribution < 1.29 is 14.7 Å². The van der Waals surface area contributed by atoms with Crippen molar-refractivity contribution >= 4 is 12.0 Å². The van der Waals surface area contributed by atoms with Gasteiger partial charge in [0.25, 0.3) is 0 Å². The molecule has 116 valence electrons. The molecule has 5 nitrogen and oxygen atoms in total. The second kappa shape index (κ2) is 8.12. The zero-order chi connectivity index (χ0) is 15.1. The van der Waals surface area contributed by atoms with Gasteiger partial charge in [0.15, 0.2) is 0 Å². The van der Waals surface area contributed by atoms with Gasteiger partial charge in [0, 0.05) is 6.04 Å². The molecule has 5 heteroatoms. The summed E-state index contributed by atoms with van der Waals surface area (Å²) in [6.07, 6.45) is 5.88. The van der Waals surface area contributed by atoms with E-state index in [9.17, 15) is 9.59 Å². The van der Waals surface area contributed by atoms with Crippen molar-refractivity contribution in [1.82, 2.24) is 10.6 Å². The number of carbonyl (C=O) groups excluding carboxylic acids is 1. The number of urea groups is 1. The van der Waals surface area contributed by atoms with Crippen LogP contribution in [0.4, 0.5) is 4.79 Å². The molecule has 0 aromatic carbocycles. The predicted octanol–water partition coefficient (Wildman–Crippen LogP) is 2.75. The number of aliphatic carboxylic acids is 1. The molecule has 20 heavy (non-hydrogen) atoms. The SMILES string of the molecule is CC(C)CC(NC(=O)NC1CCCC(C)CC1)C(=O)O. The van der Waals surface area contributed by atoms with Gasteiger partial charge in [0.05, 0.1) is 0 Å². The van der Waals surface area contributed by atoms with Crippen LogP contribution in [0.25, 0.3) is 0 Å². The molecular weight excluding hydrogens is 256 g/mol. The highest BCUT2D eigenvalue weighted by atomic mass is 16.4. The topological polar surface area (TPSA) is 78.4 Å². The van der Waals surface area contributed by atoms with Gasteiger partial charge in [0.1, 0.15) is 6.04 Å². The summed E-state index contributed by atoms with van der Waals surface area (Å²) in [6, 6.07) is -0.981.